The summed E-state index contributed by atoms with van der Waals surface area (Å²) in [6, 6.07) is 14.2. The molecule has 0 aliphatic heterocycles. The molecule has 0 bridgehead atoms. The van der Waals surface area contributed by atoms with E-state index in [-0.39, 0.29) is 11.7 Å². The van der Waals surface area contributed by atoms with Crippen LogP contribution in [0.5, 0.6) is 0 Å². The lowest BCUT2D eigenvalue weighted by Crippen LogP contribution is -2.02. The van der Waals surface area contributed by atoms with E-state index in [1.165, 1.54) is 4.68 Å². The highest BCUT2D eigenvalue weighted by molar-refractivity contribution is 6.33. The van der Waals surface area contributed by atoms with Gasteiger partial charge in [-0.1, -0.05) is 45.7 Å². The van der Waals surface area contributed by atoms with Crippen molar-refractivity contribution in [3.8, 4) is 28.7 Å². The highest BCUT2D eigenvalue weighted by Gasteiger charge is 2.20. The number of hydrogen-bond donors (Lipinski definition) is 1. The fraction of sp³-hybridized carbons (Fsp3) is 0. The SMILES string of the molecule is Nc1c(-c2nc(-c3ccccc3Cl)no2)nnn1-c1ccc(Cl)cc1. The summed E-state index contributed by atoms with van der Waals surface area (Å²) in [5.74, 6) is 0.783. The summed E-state index contributed by atoms with van der Waals surface area (Å²) in [5.41, 5.74) is 7.80. The van der Waals surface area contributed by atoms with Gasteiger partial charge in [-0.2, -0.15) is 9.67 Å². The number of anilines is 1. The summed E-state index contributed by atoms with van der Waals surface area (Å²) >= 11 is 12.0. The summed E-state index contributed by atoms with van der Waals surface area (Å²) in [7, 11) is 0. The van der Waals surface area contributed by atoms with Crippen LogP contribution >= 0.6 is 23.2 Å². The van der Waals surface area contributed by atoms with Crippen LogP contribution in [0.4, 0.5) is 5.82 Å². The fourth-order valence-electron chi connectivity index (χ4n) is 2.29. The molecule has 2 aromatic heterocycles. The van der Waals surface area contributed by atoms with E-state index in [9.17, 15) is 0 Å². The minimum atomic E-state index is 0.160. The average Bonchev–Trinajstić information content (AvgIpc) is 3.23. The molecule has 0 fully saturated rings. The number of benzene rings is 2. The lowest BCUT2D eigenvalue weighted by atomic mass is 10.2. The number of aromatic nitrogens is 5. The number of nitrogens with two attached hydrogens (primary N) is 1. The van der Waals surface area contributed by atoms with Gasteiger partial charge >= 0.3 is 0 Å². The number of nitrogens with zero attached hydrogens (tertiary/aromatic N) is 5. The Labute approximate surface area is 152 Å². The molecule has 0 atom stereocenters. The topological polar surface area (TPSA) is 95.7 Å². The van der Waals surface area contributed by atoms with Crippen molar-refractivity contribution in [2.24, 2.45) is 0 Å². The van der Waals surface area contributed by atoms with E-state index in [1.807, 2.05) is 12.1 Å². The zero-order chi connectivity index (χ0) is 17.4. The molecule has 0 saturated carbocycles. The third kappa shape index (κ3) is 2.84. The summed E-state index contributed by atoms with van der Waals surface area (Å²) < 4.78 is 6.74. The maximum atomic E-state index is 6.15. The first-order valence-corrected chi connectivity index (χ1v) is 7.95. The van der Waals surface area contributed by atoms with Crippen LogP contribution in [-0.4, -0.2) is 25.1 Å². The van der Waals surface area contributed by atoms with Crippen LogP contribution in [0.3, 0.4) is 0 Å². The zero-order valence-corrected chi connectivity index (χ0v) is 14.1. The molecule has 25 heavy (non-hydrogen) atoms. The summed E-state index contributed by atoms with van der Waals surface area (Å²) in [5, 5.41) is 13.1. The van der Waals surface area contributed by atoms with E-state index in [2.05, 4.69) is 20.5 Å². The molecule has 0 amide bonds. The Hall–Kier alpha value is -2.90. The third-order valence-corrected chi connectivity index (χ3v) is 4.10. The molecule has 7 nitrogen and oxygen atoms in total. The van der Waals surface area contributed by atoms with Crippen LogP contribution in [0.2, 0.25) is 10.0 Å². The first-order chi connectivity index (χ1) is 12.1. The van der Waals surface area contributed by atoms with Crippen molar-refractivity contribution in [3.05, 3.63) is 58.6 Å². The summed E-state index contributed by atoms with van der Waals surface area (Å²) in [6.45, 7) is 0. The molecule has 124 valence electrons. The predicted molar refractivity (Wildman–Crippen MR) is 94.5 cm³/mol. The fourth-order valence-corrected chi connectivity index (χ4v) is 2.63. The van der Waals surface area contributed by atoms with Gasteiger partial charge < -0.3 is 10.3 Å². The number of nitrogen functional groups attached to an aromatic ring is 1. The first kappa shape index (κ1) is 15.6. The lowest BCUT2D eigenvalue weighted by Gasteiger charge is -2.02. The van der Waals surface area contributed by atoms with Crippen molar-refractivity contribution in [2.45, 2.75) is 0 Å². The quantitative estimate of drug-likeness (QED) is 0.586. The Morgan fingerprint density at radius 2 is 1.76 bits per heavy atom. The highest BCUT2D eigenvalue weighted by atomic mass is 35.5. The molecule has 9 heteroatoms. The third-order valence-electron chi connectivity index (χ3n) is 3.52. The second-order valence-electron chi connectivity index (χ2n) is 5.11. The van der Waals surface area contributed by atoms with Crippen LogP contribution in [-0.2, 0) is 0 Å². The van der Waals surface area contributed by atoms with Gasteiger partial charge in [-0.05, 0) is 36.4 Å². The van der Waals surface area contributed by atoms with Gasteiger partial charge in [0.15, 0.2) is 11.5 Å². The molecule has 4 rings (SSSR count). The molecule has 2 heterocycles. The zero-order valence-electron chi connectivity index (χ0n) is 12.6. The van der Waals surface area contributed by atoms with Crippen molar-refractivity contribution in [1.29, 1.82) is 0 Å². The Morgan fingerprint density at radius 3 is 2.52 bits per heavy atom. The smallest absolute Gasteiger partial charge is 0.282 e. The van der Waals surface area contributed by atoms with Gasteiger partial charge in [0.1, 0.15) is 0 Å². The molecular weight excluding hydrogens is 363 g/mol. The predicted octanol–water partition coefficient (Wildman–Crippen LogP) is 3.87. The van der Waals surface area contributed by atoms with E-state index in [1.54, 1.807) is 36.4 Å². The molecule has 2 N–H and O–H groups in total. The van der Waals surface area contributed by atoms with Gasteiger partial charge in [-0.25, -0.2) is 0 Å². The molecule has 0 aliphatic rings. The van der Waals surface area contributed by atoms with Crippen LogP contribution < -0.4 is 5.73 Å². The number of rotatable bonds is 3. The second-order valence-corrected chi connectivity index (χ2v) is 5.96. The van der Waals surface area contributed by atoms with Crippen LogP contribution in [0.1, 0.15) is 0 Å². The molecular formula is C16H10Cl2N6O. The van der Waals surface area contributed by atoms with E-state index in [0.29, 0.717) is 32.8 Å². The van der Waals surface area contributed by atoms with Gasteiger partial charge in [-0.15, -0.1) is 5.10 Å². The van der Waals surface area contributed by atoms with E-state index in [0.717, 1.165) is 0 Å². The molecule has 0 unspecified atom stereocenters. The maximum absolute atomic E-state index is 6.15. The number of hydrogen-bond acceptors (Lipinski definition) is 6. The Balaban J connectivity index is 1.72. The van der Waals surface area contributed by atoms with E-state index in [4.69, 9.17) is 33.5 Å². The van der Waals surface area contributed by atoms with Crippen molar-refractivity contribution in [3.63, 3.8) is 0 Å². The molecule has 2 aromatic carbocycles. The average molecular weight is 373 g/mol. The molecule has 0 spiro atoms. The molecule has 0 saturated heterocycles. The van der Waals surface area contributed by atoms with Gasteiger partial charge in [0.05, 0.1) is 10.7 Å². The van der Waals surface area contributed by atoms with Crippen molar-refractivity contribution in [1.82, 2.24) is 25.1 Å². The Kier molecular flexibility index (Phi) is 3.87. The minimum absolute atomic E-state index is 0.160. The van der Waals surface area contributed by atoms with Gasteiger partial charge in [0.25, 0.3) is 5.89 Å². The van der Waals surface area contributed by atoms with Crippen LogP contribution in [0.25, 0.3) is 28.7 Å². The highest BCUT2D eigenvalue weighted by Crippen LogP contribution is 2.29. The normalized spacial score (nSPS) is 11.0. The molecule has 0 radical (unpaired) electrons. The summed E-state index contributed by atoms with van der Waals surface area (Å²) in [6.07, 6.45) is 0. The maximum Gasteiger partial charge on any atom is 0.282 e. The molecule has 4 aromatic rings. The standard InChI is InChI=1S/C16H10Cl2N6O/c17-9-5-7-10(8-6-9)24-14(19)13(21-23-24)16-20-15(22-25-16)11-3-1-2-4-12(11)18/h1-8H,19H2. The lowest BCUT2D eigenvalue weighted by molar-refractivity contribution is 0.431. The monoisotopic (exact) mass is 372 g/mol. The Bertz CT molecular complexity index is 1040. The van der Waals surface area contributed by atoms with Crippen molar-refractivity contribution < 1.29 is 4.52 Å². The van der Waals surface area contributed by atoms with Gasteiger partial charge in [0.2, 0.25) is 5.82 Å². The largest absolute Gasteiger partial charge is 0.382 e. The van der Waals surface area contributed by atoms with Crippen LogP contribution in [0, 0.1) is 0 Å². The van der Waals surface area contributed by atoms with Crippen LogP contribution in [0.15, 0.2) is 53.1 Å². The summed E-state index contributed by atoms with van der Waals surface area (Å²) in [4.78, 5) is 4.31. The first-order valence-electron chi connectivity index (χ1n) is 7.19. The second kappa shape index (κ2) is 6.19. The molecule has 0 aliphatic carbocycles. The minimum Gasteiger partial charge on any atom is -0.382 e. The van der Waals surface area contributed by atoms with Crippen molar-refractivity contribution >= 4 is 29.0 Å². The van der Waals surface area contributed by atoms with E-state index < -0.39 is 0 Å². The van der Waals surface area contributed by atoms with E-state index >= 15 is 0 Å². The number of halogens is 2. The van der Waals surface area contributed by atoms with Gasteiger partial charge in [0, 0.05) is 10.6 Å². The van der Waals surface area contributed by atoms with Crippen molar-refractivity contribution in [2.75, 3.05) is 5.73 Å². The Morgan fingerprint density at radius 1 is 1.00 bits per heavy atom. The van der Waals surface area contributed by atoms with Gasteiger partial charge in [-0.3, -0.25) is 0 Å².